The predicted molar refractivity (Wildman–Crippen MR) is 73.2 cm³/mol. The molecule has 1 fully saturated rings. The van der Waals surface area contributed by atoms with Gasteiger partial charge in [0, 0.05) is 52.4 Å². The van der Waals surface area contributed by atoms with Gasteiger partial charge >= 0.3 is 0 Å². The summed E-state index contributed by atoms with van der Waals surface area (Å²) in [6.07, 6.45) is 0. The number of halogens is 2. The maximum Gasteiger partial charge on any atom is 0.186 e. The molecule has 1 rings (SSSR count). The Labute approximate surface area is 114 Å². The predicted octanol–water partition coefficient (Wildman–Crippen LogP) is -0.517. The smallest absolute Gasteiger partial charge is 0.186 e. The first-order chi connectivity index (χ1) is 8.21. The van der Waals surface area contributed by atoms with Gasteiger partial charge in [0.25, 0.3) is 0 Å². The van der Waals surface area contributed by atoms with Gasteiger partial charge in [-0.25, -0.2) is 0 Å². The zero-order valence-corrected chi connectivity index (χ0v) is 11.8. The molecule has 0 saturated carbocycles. The van der Waals surface area contributed by atoms with Crippen LogP contribution in [0, 0.1) is 0 Å². The van der Waals surface area contributed by atoms with Gasteiger partial charge in [-0.1, -0.05) is 0 Å². The SMILES string of the molecule is Cl[N+]1(Cl)CCNCCNCCNCCNCC1. The molecule has 1 aliphatic heterocycles. The van der Waals surface area contributed by atoms with Crippen LogP contribution >= 0.6 is 23.6 Å². The summed E-state index contributed by atoms with van der Waals surface area (Å²) in [5.74, 6) is 0. The summed E-state index contributed by atoms with van der Waals surface area (Å²) >= 11 is 12.3. The summed E-state index contributed by atoms with van der Waals surface area (Å²) in [5, 5.41) is 13.4. The normalized spacial score (nSPS) is 25.8. The molecular weight excluding hydrogens is 261 g/mol. The van der Waals surface area contributed by atoms with Crippen molar-refractivity contribution >= 4 is 23.6 Å². The second-order valence-electron chi connectivity index (χ2n) is 4.21. The number of nitrogens with zero attached hydrogens (tertiary/aromatic N) is 1. The van der Waals surface area contributed by atoms with Crippen molar-refractivity contribution in [3.05, 3.63) is 0 Å². The highest BCUT2D eigenvalue weighted by atomic mass is 35.5. The number of nitrogens with one attached hydrogen (secondary N) is 4. The Balaban J connectivity index is 2.22. The molecule has 0 spiro atoms. The number of hydrogen-bond acceptors (Lipinski definition) is 4. The van der Waals surface area contributed by atoms with Crippen molar-refractivity contribution in [2.75, 3.05) is 65.4 Å². The standard InChI is InChI=1S/C10H24Cl2N5/c11-17(12)9-7-15-5-3-13-1-2-14-4-6-16-8-10-17/h13-16H,1-10H2/q+1. The Hall–Kier alpha value is 0.380. The third kappa shape index (κ3) is 9.02. The summed E-state index contributed by atoms with van der Waals surface area (Å²) in [5.41, 5.74) is 0. The number of rotatable bonds is 0. The van der Waals surface area contributed by atoms with Crippen molar-refractivity contribution in [3.8, 4) is 0 Å². The van der Waals surface area contributed by atoms with Gasteiger partial charge in [0.2, 0.25) is 0 Å². The summed E-state index contributed by atoms with van der Waals surface area (Å²) < 4.78 is 0.0286. The maximum absolute atomic E-state index is 6.17. The van der Waals surface area contributed by atoms with E-state index in [0.29, 0.717) is 0 Å². The van der Waals surface area contributed by atoms with Crippen LogP contribution in [0.5, 0.6) is 0 Å². The molecular formula is C10H24Cl2N5+. The Morgan fingerprint density at radius 1 is 0.529 bits per heavy atom. The molecule has 1 saturated heterocycles. The summed E-state index contributed by atoms with van der Waals surface area (Å²) in [6.45, 7) is 9.00. The lowest BCUT2D eigenvalue weighted by atomic mass is 10.5. The van der Waals surface area contributed by atoms with E-state index in [4.69, 9.17) is 23.6 Å². The summed E-state index contributed by atoms with van der Waals surface area (Å²) in [6, 6.07) is 0. The quantitative estimate of drug-likeness (QED) is 0.453. The van der Waals surface area contributed by atoms with E-state index in [1.54, 1.807) is 0 Å². The summed E-state index contributed by atoms with van der Waals surface area (Å²) in [4.78, 5) is 0. The van der Waals surface area contributed by atoms with Gasteiger partial charge in [-0.3, -0.25) is 0 Å². The van der Waals surface area contributed by atoms with E-state index in [2.05, 4.69) is 21.3 Å². The molecule has 0 aliphatic carbocycles. The Bertz CT molecular complexity index is 174. The first-order valence-electron chi connectivity index (χ1n) is 6.30. The molecule has 17 heavy (non-hydrogen) atoms. The second-order valence-corrected chi connectivity index (χ2v) is 5.68. The van der Waals surface area contributed by atoms with E-state index >= 15 is 0 Å². The third-order valence-corrected chi connectivity index (χ3v) is 3.34. The van der Waals surface area contributed by atoms with Crippen molar-refractivity contribution < 1.29 is 3.52 Å². The molecule has 7 heteroatoms. The molecule has 1 aliphatic rings. The highest BCUT2D eigenvalue weighted by molar-refractivity contribution is 6.23. The molecule has 0 amide bonds. The average Bonchev–Trinajstić information content (AvgIpc) is 2.29. The molecule has 5 nitrogen and oxygen atoms in total. The molecule has 0 aromatic rings. The minimum absolute atomic E-state index is 0.0286. The van der Waals surface area contributed by atoms with Crippen molar-refractivity contribution in [2.45, 2.75) is 0 Å². The van der Waals surface area contributed by atoms with Crippen LogP contribution in [0.3, 0.4) is 0 Å². The first-order valence-corrected chi connectivity index (χ1v) is 6.98. The number of quaternary nitrogens is 1. The molecule has 0 radical (unpaired) electrons. The van der Waals surface area contributed by atoms with Crippen LogP contribution in [0.1, 0.15) is 0 Å². The van der Waals surface area contributed by atoms with Gasteiger partial charge in [0.1, 0.15) is 13.1 Å². The van der Waals surface area contributed by atoms with E-state index in [0.717, 1.165) is 65.4 Å². The van der Waals surface area contributed by atoms with Crippen molar-refractivity contribution in [1.29, 1.82) is 0 Å². The maximum atomic E-state index is 6.17. The van der Waals surface area contributed by atoms with Crippen molar-refractivity contribution in [3.63, 3.8) is 0 Å². The van der Waals surface area contributed by atoms with Crippen LogP contribution in [-0.4, -0.2) is 69.0 Å². The first kappa shape index (κ1) is 15.4. The second kappa shape index (κ2) is 9.33. The zero-order chi connectivity index (χ0) is 12.4. The van der Waals surface area contributed by atoms with Crippen LogP contribution in [0.25, 0.3) is 0 Å². The average molecular weight is 285 g/mol. The van der Waals surface area contributed by atoms with Gasteiger partial charge in [0.05, 0.1) is 0 Å². The van der Waals surface area contributed by atoms with Crippen LogP contribution < -0.4 is 21.3 Å². The lowest BCUT2D eigenvalue weighted by Crippen LogP contribution is -2.41. The van der Waals surface area contributed by atoms with Crippen LogP contribution in [-0.2, 0) is 0 Å². The van der Waals surface area contributed by atoms with Gasteiger partial charge in [0.15, 0.2) is 23.6 Å². The highest BCUT2D eigenvalue weighted by Crippen LogP contribution is 2.14. The van der Waals surface area contributed by atoms with Gasteiger partial charge in [-0.05, 0) is 0 Å². The van der Waals surface area contributed by atoms with Crippen molar-refractivity contribution in [2.24, 2.45) is 0 Å². The minimum Gasteiger partial charge on any atom is -0.314 e. The molecule has 0 unspecified atom stereocenters. The van der Waals surface area contributed by atoms with E-state index in [1.165, 1.54) is 0 Å². The highest BCUT2D eigenvalue weighted by Gasteiger charge is 2.22. The van der Waals surface area contributed by atoms with E-state index in [1.807, 2.05) is 0 Å². The third-order valence-electron chi connectivity index (χ3n) is 2.67. The van der Waals surface area contributed by atoms with Gasteiger partial charge < -0.3 is 21.3 Å². The lowest BCUT2D eigenvalue weighted by Gasteiger charge is -2.19. The minimum atomic E-state index is 0.0286. The molecule has 102 valence electrons. The number of hydrogen-bond donors (Lipinski definition) is 4. The van der Waals surface area contributed by atoms with E-state index < -0.39 is 0 Å². The molecule has 1 heterocycles. The molecule has 0 aromatic heterocycles. The van der Waals surface area contributed by atoms with Crippen molar-refractivity contribution in [1.82, 2.24) is 21.3 Å². The van der Waals surface area contributed by atoms with Gasteiger partial charge in [-0.15, -0.1) is 3.52 Å². The fourth-order valence-corrected chi connectivity index (χ4v) is 1.97. The van der Waals surface area contributed by atoms with E-state index in [-0.39, 0.29) is 3.52 Å². The van der Waals surface area contributed by atoms with Gasteiger partial charge in [-0.2, -0.15) is 0 Å². The molecule has 0 aromatic carbocycles. The Morgan fingerprint density at radius 3 is 1.18 bits per heavy atom. The monoisotopic (exact) mass is 284 g/mol. The fraction of sp³-hybridized carbons (Fsp3) is 1.00. The molecule has 0 atom stereocenters. The largest absolute Gasteiger partial charge is 0.314 e. The topological polar surface area (TPSA) is 48.1 Å². The zero-order valence-electron chi connectivity index (χ0n) is 10.3. The fourth-order valence-electron chi connectivity index (χ4n) is 1.63. The Morgan fingerprint density at radius 2 is 0.824 bits per heavy atom. The Kier molecular flexibility index (Phi) is 8.47. The molecule has 4 N–H and O–H groups in total. The lowest BCUT2D eigenvalue weighted by molar-refractivity contribution is -0.687. The van der Waals surface area contributed by atoms with Crippen LogP contribution in [0.4, 0.5) is 0 Å². The summed E-state index contributed by atoms with van der Waals surface area (Å²) in [7, 11) is 0. The van der Waals surface area contributed by atoms with Crippen LogP contribution in [0.2, 0.25) is 0 Å². The van der Waals surface area contributed by atoms with Crippen LogP contribution in [0.15, 0.2) is 0 Å². The molecule has 0 bridgehead atoms. The van der Waals surface area contributed by atoms with E-state index in [9.17, 15) is 0 Å².